The van der Waals surface area contributed by atoms with Gasteiger partial charge in [0.15, 0.2) is 0 Å². The maximum Gasteiger partial charge on any atom is 0.0246 e. The molecule has 1 aliphatic heterocycles. The average molecular weight is 266 g/mol. The first kappa shape index (κ1) is 15.3. The molecule has 0 aromatic rings. The van der Waals surface area contributed by atoms with Crippen LogP contribution >= 0.6 is 0 Å². The Morgan fingerprint density at radius 3 is 2.47 bits per heavy atom. The number of piperazine rings is 1. The molecular formula is C17H34N2. The Morgan fingerprint density at radius 1 is 1.21 bits per heavy atom. The van der Waals surface area contributed by atoms with E-state index in [1.807, 2.05) is 0 Å². The second kappa shape index (κ2) is 7.08. The van der Waals surface area contributed by atoms with Crippen LogP contribution in [-0.4, -0.2) is 36.6 Å². The molecule has 1 saturated heterocycles. The molecule has 2 rings (SSSR count). The van der Waals surface area contributed by atoms with Gasteiger partial charge >= 0.3 is 0 Å². The highest BCUT2D eigenvalue weighted by Crippen LogP contribution is 2.30. The smallest absolute Gasteiger partial charge is 0.0246 e. The Bertz CT molecular complexity index is 260. The molecule has 0 radical (unpaired) electrons. The van der Waals surface area contributed by atoms with Crippen LogP contribution < -0.4 is 5.32 Å². The predicted molar refractivity (Wildman–Crippen MR) is 83.4 cm³/mol. The van der Waals surface area contributed by atoms with Gasteiger partial charge in [-0.3, -0.25) is 4.90 Å². The molecule has 2 aliphatic rings. The van der Waals surface area contributed by atoms with Crippen molar-refractivity contribution in [3.63, 3.8) is 0 Å². The normalized spacial score (nSPS) is 31.4. The van der Waals surface area contributed by atoms with Crippen LogP contribution in [0, 0.1) is 17.8 Å². The highest BCUT2D eigenvalue weighted by molar-refractivity contribution is 4.90. The van der Waals surface area contributed by atoms with Crippen molar-refractivity contribution in [2.75, 3.05) is 19.6 Å². The van der Waals surface area contributed by atoms with E-state index in [-0.39, 0.29) is 0 Å². The third-order valence-electron chi connectivity index (χ3n) is 5.31. The van der Waals surface area contributed by atoms with Gasteiger partial charge in [-0.2, -0.15) is 0 Å². The summed E-state index contributed by atoms with van der Waals surface area (Å²) in [6.45, 7) is 13.3. The van der Waals surface area contributed by atoms with Crippen LogP contribution in [0.15, 0.2) is 0 Å². The van der Waals surface area contributed by atoms with E-state index in [2.05, 4.69) is 37.9 Å². The number of nitrogens with one attached hydrogen (secondary N) is 1. The molecule has 1 saturated carbocycles. The summed E-state index contributed by atoms with van der Waals surface area (Å²) in [5, 5.41) is 3.81. The summed E-state index contributed by atoms with van der Waals surface area (Å²) >= 11 is 0. The first-order valence-electron chi connectivity index (χ1n) is 8.57. The van der Waals surface area contributed by atoms with Crippen LogP contribution in [0.4, 0.5) is 0 Å². The fourth-order valence-corrected chi connectivity index (χ4v) is 3.68. The van der Waals surface area contributed by atoms with E-state index in [0.717, 1.165) is 29.8 Å². The number of hydrogen-bond donors (Lipinski definition) is 1. The third-order valence-corrected chi connectivity index (χ3v) is 5.31. The molecule has 1 N–H and O–H groups in total. The van der Waals surface area contributed by atoms with Gasteiger partial charge < -0.3 is 5.32 Å². The van der Waals surface area contributed by atoms with Crippen molar-refractivity contribution < 1.29 is 0 Å². The molecule has 112 valence electrons. The molecule has 0 spiro atoms. The molecule has 0 aromatic heterocycles. The Kier molecular flexibility index (Phi) is 5.70. The largest absolute Gasteiger partial charge is 0.311 e. The molecule has 3 unspecified atom stereocenters. The fourth-order valence-electron chi connectivity index (χ4n) is 3.68. The predicted octanol–water partition coefficient (Wildman–Crippen LogP) is 3.52. The van der Waals surface area contributed by atoms with Gasteiger partial charge in [0.05, 0.1) is 0 Å². The quantitative estimate of drug-likeness (QED) is 0.791. The summed E-state index contributed by atoms with van der Waals surface area (Å²) in [6.07, 6.45) is 7.06. The minimum absolute atomic E-state index is 0.723. The molecule has 1 heterocycles. The van der Waals surface area contributed by atoms with E-state index in [1.54, 1.807) is 0 Å². The number of rotatable bonds is 6. The molecule has 3 atom stereocenters. The van der Waals surface area contributed by atoms with Crippen molar-refractivity contribution in [2.45, 2.75) is 71.9 Å². The van der Waals surface area contributed by atoms with E-state index in [4.69, 9.17) is 0 Å². The molecule has 2 fully saturated rings. The Morgan fingerprint density at radius 2 is 1.95 bits per heavy atom. The maximum absolute atomic E-state index is 3.81. The maximum atomic E-state index is 3.81. The van der Waals surface area contributed by atoms with E-state index in [1.165, 1.54) is 51.7 Å². The summed E-state index contributed by atoms with van der Waals surface area (Å²) < 4.78 is 0. The van der Waals surface area contributed by atoms with E-state index in [9.17, 15) is 0 Å². The monoisotopic (exact) mass is 266 g/mol. The van der Waals surface area contributed by atoms with Crippen LogP contribution in [0.1, 0.15) is 59.8 Å². The van der Waals surface area contributed by atoms with Crippen LogP contribution in [0.25, 0.3) is 0 Å². The molecule has 1 aliphatic carbocycles. The first-order chi connectivity index (χ1) is 9.10. The standard InChI is InChI=1S/C17H34N2/c1-5-14(4)17-10-18-16(9-13(2)3)12-19(17)11-15-7-6-8-15/h13-18H,5-12H2,1-4H3. The lowest BCUT2D eigenvalue weighted by Crippen LogP contribution is -2.59. The van der Waals surface area contributed by atoms with Gasteiger partial charge in [0, 0.05) is 31.7 Å². The number of nitrogens with zero attached hydrogens (tertiary/aromatic N) is 1. The summed E-state index contributed by atoms with van der Waals surface area (Å²) in [7, 11) is 0. The minimum atomic E-state index is 0.723. The second-order valence-electron chi connectivity index (χ2n) is 7.44. The average Bonchev–Trinajstić information content (AvgIpc) is 2.32. The van der Waals surface area contributed by atoms with Crippen molar-refractivity contribution in [3.05, 3.63) is 0 Å². The van der Waals surface area contributed by atoms with Crippen LogP contribution in [-0.2, 0) is 0 Å². The van der Waals surface area contributed by atoms with Gasteiger partial charge in [0.25, 0.3) is 0 Å². The van der Waals surface area contributed by atoms with Gasteiger partial charge in [-0.25, -0.2) is 0 Å². The van der Waals surface area contributed by atoms with Crippen molar-refractivity contribution in [3.8, 4) is 0 Å². The van der Waals surface area contributed by atoms with E-state index in [0.29, 0.717) is 0 Å². The van der Waals surface area contributed by atoms with Gasteiger partial charge in [0.1, 0.15) is 0 Å². The van der Waals surface area contributed by atoms with Crippen molar-refractivity contribution >= 4 is 0 Å². The highest BCUT2D eigenvalue weighted by atomic mass is 15.2. The zero-order valence-electron chi connectivity index (χ0n) is 13.5. The lowest BCUT2D eigenvalue weighted by molar-refractivity contribution is 0.0558. The Balaban J connectivity index is 1.91. The zero-order valence-corrected chi connectivity index (χ0v) is 13.5. The summed E-state index contributed by atoms with van der Waals surface area (Å²) in [5.74, 6) is 2.64. The van der Waals surface area contributed by atoms with Gasteiger partial charge in [-0.1, -0.05) is 40.5 Å². The fraction of sp³-hybridized carbons (Fsp3) is 1.00. The Labute approximate surface area is 120 Å². The molecule has 2 heteroatoms. The van der Waals surface area contributed by atoms with Crippen molar-refractivity contribution in [1.82, 2.24) is 10.2 Å². The lowest BCUT2D eigenvalue weighted by atomic mass is 9.83. The second-order valence-corrected chi connectivity index (χ2v) is 7.44. The number of hydrogen-bond acceptors (Lipinski definition) is 2. The lowest BCUT2D eigenvalue weighted by Gasteiger charge is -2.46. The SMILES string of the molecule is CCC(C)C1CNC(CC(C)C)CN1CC1CCC1. The van der Waals surface area contributed by atoms with Crippen LogP contribution in [0.2, 0.25) is 0 Å². The van der Waals surface area contributed by atoms with Gasteiger partial charge in [-0.05, 0) is 37.0 Å². The van der Waals surface area contributed by atoms with Crippen LogP contribution in [0.3, 0.4) is 0 Å². The van der Waals surface area contributed by atoms with E-state index < -0.39 is 0 Å². The highest BCUT2D eigenvalue weighted by Gasteiger charge is 2.33. The topological polar surface area (TPSA) is 15.3 Å². The third kappa shape index (κ3) is 4.19. The zero-order chi connectivity index (χ0) is 13.8. The van der Waals surface area contributed by atoms with Gasteiger partial charge in [-0.15, -0.1) is 0 Å². The van der Waals surface area contributed by atoms with Gasteiger partial charge in [0.2, 0.25) is 0 Å². The Hall–Kier alpha value is -0.0800. The minimum Gasteiger partial charge on any atom is -0.311 e. The van der Waals surface area contributed by atoms with Crippen LogP contribution in [0.5, 0.6) is 0 Å². The van der Waals surface area contributed by atoms with Crippen molar-refractivity contribution in [2.24, 2.45) is 17.8 Å². The summed E-state index contributed by atoms with van der Waals surface area (Å²) in [4.78, 5) is 2.83. The van der Waals surface area contributed by atoms with E-state index >= 15 is 0 Å². The molecule has 19 heavy (non-hydrogen) atoms. The summed E-state index contributed by atoms with van der Waals surface area (Å²) in [5.41, 5.74) is 0. The molecule has 0 bridgehead atoms. The van der Waals surface area contributed by atoms with Crippen molar-refractivity contribution in [1.29, 1.82) is 0 Å². The molecular weight excluding hydrogens is 232 g/mol. The summed E-state index contributed by atoms with van der Waals surface area (Å²) in [6, 6.07) is 1.49. The molecule has 0 amide bonds. The first-order valence-corrected chi connectivity index (χ1v) is 8.57. The molecule has 0 aromatic carbocycles. The molecule has 2 nitrogen and oxygen atoms in total.